The molecule has 0 unspecified atom stereocenters. The van der Waals surface area contributed by atoms with Crippen molar-refractivity contribution in [3.63, 3.8) is 0 Å². The van der Waals surface area contributed by atoms with Gasteiger partial charge in [0.1, 0.15) is 4.90 Å². The molecular formula is C17H13N3O5S. The van der Waals surface area contributed by atoms with Gasteiger partial charge in [0.05, 0.1) is 4.92 Å². The number of hydrogen-bond donors (Lipinski definition) is 1. The molecule has 9 heteroatoms. The number of oxime groups is 1. The number of amidine groups is 1. The molecule has 0 saturated carbocycles. The van der Waals surface area contributed by atoms with Gasteiger partial charge in [-0.1, -0.05) is 42.5 Å². The van der Waals surface area contributed by atoms with Crippen LogP contribution < -0.4 is 5.73 Å². The Kier molecular flexibility index (Phi) is 4.55. The van der Waals surface area contributed by atoms with Gasteiger partial charge < -0.3 is 5.73 Å². The lowest BCUT2D eigenvalue weighted by atomic mass is 10.1. The second-order valence-corrected chi connectivity index (χ2v) is 6.85. The number of benzene rings is 3. The van der Waals surface area contributed by atoms with Crippen LogP contribution in [0.25, 0.3) is 10.8 Å². The summed E-state index contributed by atoms with van der Waals surface area (Å²) in [7, 11) is -4.18. The molecule has 0 bridgehead atoms. The predicted molar refractivity (Wildman–Crippen MR) is 96.0 cm³/mol. The SMILES string of the molecule is N/C(=N/OS(=O)(=O)c1ccc2ccccc2c1)c1cccc([N+](=O)[O-])c1. The summed E-state index contributed by atoms with van der Waals surface area (Å²) >= 11 is 0. The summed E-state index contributed by atoms with van der Waals surface area (Å²) in [6, 6.07) is 17.1. The van der Waals surface area contributed by atoms with Gasteiger partial charge in [-0.3, -0.25) is 14.4 Å². The van der Waals surface area contributed by atoms with Gasteiger partial charge in [-0.2, -0.15) is 8.42 Å². The molecule has 0 aromatic heterocycles. The van der Waals surface area contributed by atoms with Crippen molar-refractivity contribution in [1.29, 1.82) is 0 Å². The van der Waals surface area contributed by atoms with E-state index in [0.29, 0.717) is 0 Å². The number of nitrogens with zero attached hydrogens (tertiary/aromatic N) is 2. The van der Waals surface area contributed by atoms with Crippen LogP contribution in [0.15, 0.2) is 76.8 Å². The lowest BCUT2D eigenvalue weighted by molar-refractivity contribution is -0.384. The van der Waals surface area contributed by atoms with Gasteiger partial charge in [-0.25, -0.2) is 0 Å². The molecule has 3 rings (SSSR count). The normalized spacial score (nSPS) is 12.1. The fourth-order valence-electron chi connectivity index (χ4n) is 2.29. The van der Waals surface area contributed by atoms with Crippen LogP contribution in [0.5, 0.6) is 0 Å². The zero-order chi connectivity index (χ0) is 18.7. The molecule has 2 N–H and O–H groups in total. The summed E-state index contributed by atoms with van der Waals surface area (Å²) in [4.78, 5) is 10.1. The van der Waals surface area contributed by atoms with E-state index in [0.717, 1.165) is 10.8 Å². The maximum absolute atomic E-state index is 12.3. The Morgan fingerprint density at radius 1 is 1.00 bits per heavy atom. The van der Waals surface area contributed by atoms with E-state index in [2.05, 4.69) is 9.44 Å². The van der Waals surface area contributed by atoms with E-state index in [9.17, 15) is 18.5 Å². The lowest BCUT2D eigenvalue weighted by Crippen LogP contribution is -2.15. The summed E-state index contributed by atoms with van der Waals surface area (Å²) in [5, 5.41) is 15.8. The van der Waals surface area contributed by atoms with Gasteiger partial charge in [-0.05, 0) is 28.1 Å². The molecule has 3 aromatic rings. The topological polar surface area (TPSA) is 125 Å². The quantitative estimate of drug-likeness (QED) is 0.318. The van der Waals surface area contributed by atoms with E-state index in [1.807, 2.05) is 12.1 Å². The highest BCUT2D eigenvalue weighted by Crippen LogP contribution is 2.21. The van der Waals surface area contributed by atoms with Gasteiger partial charge in [0, 0.05) is 17.7 Å². The molecule has 0 atom stereocenters. The first kappa shape index (κ1) is 17.4. The number of nitro benzene ring substituents is 1. The fourth-order valence-corrected chi connectivity index (χ4v) is 3.06. The van der Waals surface area contributed by atoms with E-state index in [4.69, 9.17) is 5.73 Å². The van der Waals surface area contributed by atoms with Crippen LogP contribution in [0.3, 0.4) is 0 Å². The van der Waals surface area contributed by atoms with E-state index in [1.54, 1.807) is 18.2 Å². The number of fused-ring (bicyclic) bond motifs is 1. The molecule has 0 heterocycles. The van der Waals surface area contributed by atoms with Crippen LogP contribution in [0.2, 0.25) is 0 Å². The Hall–Kier alpha value is -3.46. The summed E-state index contributed by atoms with van der Waals surface area (Å²) < 4.78 is 29.2. The summed E-state index contributed by atoms with van der Waals surface area (Å²) in [6.45, 7) is 0. The third-order valence-corrected chi connectivity index (χ3v) is 4.70. The summed E-state index contributed by atoms with van der Waals surface area (Å²) in [6.07, 6.45) is 0. The highest BCUT2D eigenvalue weighted by molar-refractivity contribution is 7.86. The van der Waals surface area contributed by atoms with E-state index >= 15 is 0 Å². The zero-order valence-electron chi connectivity index (χ0n) is 13.3. The Morgan fingerprint density at radius 2 is 1.73 bits per heavy atom. The Balaban J connectivity index is 1.87. The number of rotatable bonds is 5. The fraction of sp³-hybridized carbons (Fsp3) is 0. The third kappa shape index (κ3) is 3.62. The number of hydrogen-bond acceptors (Lipinski definition) is 6. The number of nitro groups is 1. The van der Waals surface area contributed by atoms with E-state index in [1.165, 1.54) is 36.4 Å². The highest BCUT2D eigenvalue weighted by Gasteiger charge is 2.17. The zero-order valence-corrected chi connectivity index (χ0v) is 14.1. The van der Waals surface area contributed by atoms with E-state index in [-0.39, 0.29) is 22.0 Å². The molecule has 3 aromatic carbocycles. The second kappa shape index (κ2) is 6.81. The van der Waals surface area contributed by atoms with Crippen molar-refractivity contribution in [1.82, 2.24) is 0 Å². The minimum atomic E-state index is -4.18. The van der Waals surface area contributed by atoms with Crippen molar-refractivity contribution in [3.05, 3.63) is 82.4 Å². The average molecular weight is 371 g/mol. The molecule has 0 aliphatic carbocycles. The first-order valence-electron chi connectivity index (χ1n) is 7.37. The minimum Gasteiger partial charge on any atom is -0.380 e. The van der Waals surface area contributed by atoms with Crippen LogP contribution in [0, 0.1) is 10.1 Å². The van der Waals surface area contributed by atoms with Crippen LogP contribution in [0.1, 0.15) is 5.56 Å². The molecule has 0 aliphatic heterocycles. The van der Waals surface area contributed by atoms with Crippen LogP contribution in [-0.2, 0) is 14.4 Å². The van der Waals surface area contributed by atoms with Crippen molar-refractivity contribution in [2.45, 2.75) is 4.90 Å². The van der Waals surface area contributed by atoms with Crippen LogP contribution in [0.4, 0.5) is 5.69 Å². The lowest BCUT2D eigenvalue weighted by Gasteiger charge is -2.05. The largest absolute Gasteiger partial charge is 0.380 e. The molecule has 0 fully saturated rings. The molecule has 8 nitrogen and oxygen atoms in total. The minimum absolute atomic E-state index is 0.0770. The smallest absolute Gasteiger partial charge is 0.358 e. The summed E-state index contributed by atoms with van der Waals surface area (Å²) in [5.74, 6) is -0.293. The van der Waals surface area contributed by atoms with Gasteiger partial charge in [0.15, 0.2) is 5.84 Å². The van der Waals surface area contributed by atoms with Gasteiger partial charge in [-0.15, -0.1) is 0 Å². The van der Waals surface area contributed by atoms with Gasteiger partial charge >= 0.3 is 10.1 Å². The highest BCUT2D eigenvalue weighted by atomic mass is 32.2. The van der Waals surface area contributed by atoms with Gasteiger partial charge in [0.25, 0.3) is 5.69 Å². The Labute approximate surface area is 148 Å². The molecule has 26 heavy (non-hydrogen) atoms. The molecule has 132 valence electrons. The van der Waals surface area contributed by atoms with Crippen LogP contribution in [-0.4, -0.2) is 19.2 Å². The van der Waals surface area contributed by atoms with Crippen molar-refractivity contribution in [2.75, 3.05) is 0 Å². The van der Waals surface area contributed by atoms with Crippen molar-refractivity contribution >= 4 is 32.4 Å². The van der Waals surface area contributed by atoms with Crippen molar-refractivity contribution < 1.29 is 17.6 Å². The Morgan fingerprint density at radius 3 is 2.46 bits per heavy atom. The van der Waals surface area contributed by atoms with Crippen molar-refractivity contribution in [3.8, 4) is 0 Å². The molecule has 0 radical (unpaired) electrons. The third-order valence-electron chi connectivity index (χ3n) is 3.60. The monoisotopic (exact) mass is 371 g/mol. The first-order valence-corrected chi connectivity index (χ1v) is 8.78. The maximum Gasteiger partial charge on any atom is 0.358 e. The number of nitrogens with two attached hydrogens (primary N) is 1. The Bertz CT molecular complexity index is 1130. The average Bonchev–Trinajstić information content (AvgIpc) is 2.65. The number of non-ortho nitro benzene ring substituents is 1. The second-order valence-electron chi connectivity index (χ2n) is 5.32. The summed E-state index contributed by atoms with van der Waals surface area (Å²) in [5.41, 5.74) is 5.66. The molecule has 0 saturated heterocycles. The standard InChI is InChI=1S/C17H13N3O5S/c18-17(14-6-3-7-15(10-14)20(21)22)19-25-26(23,24)16-9-8-12-4-1-2-5-13(12)11-16/h1-11H,(H2,18,19). The maximum atomic E-state index is 12.3. The molecule has 0 amide bonds. The van der Waals surface area contributed by atoms with E-state index < -0.39 is 15.0 Å². The predicted octanol–water partition coefficient (Wildman–Crippen LogP) is 2.77. The van der Waals surface area contributed by atoms with Crippen LogP contribution >= 0.6 is 0 Å². The molecular weight excluding hydrogens is 358 g/mol. The molecule has 0 spiro atoms. The van der Waals surface area contributed by atoms with Crippen molar-refractivity contribution in [2.24, 2.45) is 10.9 Å². The van der Waals surface area contributed by atoms with Gasteiger partial charge in [0.2, 0.25) is 0 Å². The molecule has 0 aliphatic rings. The first-order chi connectivity index (χ1) is 12.4.